The standard InChI is InChI=1S/C16H34N2O/c1-5-16(13-19,17-3)11-6-12-18(4)15-9-7-14(2)8-10-15/h14-15,17,19H,5-13H2,1-4H3. The molecule has 0 bridgehead atoms. The second kappa shape index (κ2) is 8.23. The molecule has 1 aliphatic carbocycles. The number of aliphatic hydroxyl groups excluding tert-OH is 1. The summed E-state index contributed by atoms with van der Waals surface area (Å²) >= 11 is 0. The van der Waals surface area contributed by atoms with Crippen molar-refractivity contribution in [2.75, 3.05) is 27.2 Å². The first-order valence-corrected chi connectivity index (χ1v) is 8.07. The molecule has 0 aliphatic heterocycles. The van der Waals surface area contributed by atoms with E-state index < -0.39 is 0 Å². The van der Waals surface area contributed by atoms with Gasteiger partial charge in [0.1, 0.15) is 0 Å². The normalized spacial score (nSPS) is 27.5. The van der Waals surface area contributed by atoms with E-state index in [9.17, 15) is 5.11 Å². The lowest BCUT2D eigenvalue weighted by Crippen LogP contribution is -2.46. The van der Waals surface area contributed by atoms with E-state index in [1.54, 1.807) is 0 Å². The molecule has 3 heteroatoms. The monoisotopic (exact) mass is 270 g/mol. The molecule has 19 heavy (non-hydrogen) atoms. The van der Waals surface area contributed by atoms with E-state index in [1.165, 1.54) is 25.7 Å². The van der Waals surface area contributed by atoms with Crippen molar-refractivity contribution < 1.29 is 5.11 Å². The summed E-state index contributed by atoms with van der Waals surface area (Å²) in [5, 5.41) is 12.8. The average Bonchev–Trinajstić information content (AvgIpc) is 2.45. The van der Waals surface area contributed by atoms with Crippen LogP contribution in [0.2, 0.25) is 0 Å². The average molecular weight is 270 g/mol. The SMILES string of the molecule is CCC(CO)(CCCN(C)C1CCC(C)CC1)NC. The predicted molar refractivity (Wildman–Crippen MR) is 82.5 cm³/mol. The van der Waals surface area contributed by atoms with Gasteiger partial charge in [-0.25, -0.2) is 0 Å². The molecule has 1 aliphatic rings. The van der Waals surface area contributed by atoms with Crippen molar-refractivity contribution in [1.29, 1.82) is 0 Å². The van der Waals surface area contributed by atoms with E-state index in [0.717, 1.165) is 37.8 Å². The highest BCUT2D eigenvalue weighted by Crippen LogP contribution is 2.27. The Labute approximate surface area is 119 Å². The highest BCUT2D eigenvalue weighted by molar-refractivity contribution is 4.85. The molecule has 3 nitrogen and oxygen atoms in total. The Balaban J connectivity index is 2.28. The van der Waals surface area contributed by atoms with Crippen LogP contribution in [0.3, 0.4) is 0 Å². The Morgan fingerprint density at radius 1 is 1.26 bits per heavy atom. The number of nitrogens with one attached hydrogen (secondary N) is 1. The number of likely N-dealkylation sites (N-methyl/N-ethyl adjacent to an activating group) is 1. The van der Waals surface area contributed by atoms with Crippen LogP contribution in [0.25, 0.3) is 0 Å². The van der Waals surface area contributed by atoms with Gasteiger partial charge in [-0.15, -0.1) is 0 Å². The minimum Gasteiger partial charge on any atom is -0.394 e. The van der Waals surface area contributed by atoms with Crippen LogP contribution in [0.5, 0.6) is 0 Å². The third-order valence-electron chi connectivity index (χ3n) is 5.28. The van der Waals surface area contributed by atoms with Gasteiger partial charge in [-0.05, 0) is 71.5 Å². The van der Waals surface area contributed by atoms with E-state index >= 15 is 0 Å². The zero-order chi connectivity index (χ0) is 14.3. The molecule has 1 atom stereocenters. The maximum Gasteiger partial charge on any atom is 0.0613 e. The van der Waals surface area contributed by atoms with Gasteiger partial charge in [-0.2, -0.15) is 0 Å². The first kappa shape index (κ1) is 16.9. The molecule has 1 fully saturated rings. The fraction of sp³-hybridized carbons (Fsp3) is 1.00. The van der Waals surface area contributed by atoms with Crippen molar-refractivity contribution in [3.8, 4) is 0 Å². The smallest absolute Gasteiger partial charge is 0.0613 e. The molecule has 0 spiro atoms. The number of hydrogen-bond acceptors (Lipinski definition) is 3. The van der Waals surface area contributed by atoms with Crippen molar-refractivity contribution in [1.82, 2.24) is 10.2 Å². The minimum absolute atomic E-state index is 0.0675. The molecule has 2 N–H and O–H groups in total. The van der Waals surface area contributed by atoms with E-state index in [-0.39, 0.29) is 12.1 Å². The van der Waals surface area contributed by atoms with Crippen molar-refractivity contribution >= 4 is 0 Å². The van der Waals surface area contributed by atoms with Gasteiger partial charge in [-0.1, -0.05) is 13.8 Å². The Morgan fingerprint density at radius 2 is 1.89 bits per heavy atom. The zero-order valence-corrected chi connectivity index (χ0v) is 13.4. The van der Waals surface area contributed by atoms with Gasteiger partial charge in [0.2, 0.25) is 0 Å². The van der Waals surface area contributed by atoms with E-state index in [2.05, 4.69) is 31.1 Å². The first-order valence-electron chi connectivity index (χ1n) is 8.07. The maximum atomic E-state index is 9.54. The van der Waals surface area contributed by atoms with Crippen molar-refractivity contribution in [3.63, 3.8) is 0 Å². The Morgan fingerprint density at radius 3 is 2.37 bits per heavy atom. The molecule has 0 aromatic rings. The van der Waals surface area contributed by atoms with Crippen LogP contribution in [0.4, 0.5) is 0 Å². The van der Waals surface area contributed by atoms with Crippen LogP contribution in [0.1, 0.15) is 58.8 Å². The quantitative estimate of drug-likeness (QED) is 0.712. The molecule has 0 heterocycles. The third kappa shape index (κ3) is 5.05. The summed E-state index contributed by atoms with van der Waals surface area (Å²) in [6.45, 7) is 5.92. The summed E-state index contributed by atoms with van der Waals surface area (Å²) in [6.07, 6.45) is 8.72. The number of nitrogens with zero attached hydrogens (tertiary/aromatic N) is 1. The van der Waals surface area contributed by atoms with E-state index in [1.807, 2.05) is 7.05 Å². The van der Waals surface area contributed by atoms with Crippen LogP contribution < -0.4 is 5.32 Å². The van der Waals surface area contributed by atoms with Crippen LogP contribution in [-0.2, 0) is 0 Å². The molecule has 1 saturated carbocycles. The fourth-order valence-electron chi connectivity index (χ4n) is 3.28. The minimum atomic E-state index is -0.0675. The van der Waals surface area contributed by atoms with Crippen LogP contribution in [0, 0.1) is 5.92 Å². The van der Waals surface area contributed by atoms with Gasteiger partial charge in [0.25, 0.3) is 0 Å². The summed E-state index contributed by atoms with van der Waals surface area (Å²) in [5.41, 5.74) is -0.0675. The zero-order valence-electron chi connectivity index (χ0n) is 13.4. The highest BCUT2D eigenvalue weighted by Gasteiger charge is 2.26. The lowest BCUT2D eigenvalue weighted by Gasteiger charge is -2.35. The summed E-state index contributed by atoms with van der Waals surface area (Å²) < 4.78 is 0. The molecule has 114 valence electrons. The van der Waals surface area contributed by atoms with Crippen LogP contribution >= 0.6 is 0 Å². The molecule has 0 saturated heterocycles. The molecule has 0 radical (unpaired) electrons. The predicted octanol–water partition coefficient (Wildman–Crippen LogP) is 2.64. The molecule has 0 aromatic heterocycles. The lowest BCUT2D eigenvalue weighted by atomic mass is 9.86. The lowest BCUT2D eigenvalue weighted by molar-refractivity contribution is 0.134. The fourth-order valence-corrected chi connectivity index (χ4v) is 3.28. The van der Waals surface area contributed by atoms with Gasteiger partial charge >= 0.3 is 0 Å². The third-order valence-corrected chi connectivity index (χ3v) is 5.28. The Hall–Kier alpha value is -0.120. The van der Waals surface area contributed by atoms with Gasteiger partial charge in [0.15, 0.2) is 0 Å². The molecule has 1 rings (SSSR count). The summed E-state index contributed by atoms with van der Waals surface area (Å²) in [6, 6.07) is 0.788. The van der Waals surface area contributed by atoms with Gasteiger partial charge in [-0.3, -0.25) is 0 Å². The first-order chi connectivity index (χ1) is 9.06. The van der Waals surface area contributed by atoms with Crippen molar-refractivity contribution in [2.24, 2.45) is 5.92 Å². The number of rotatable bonds is 8. The molecule has 0 amide bonds. The topological polar surface area (TPSA) is 35.5 Å². The van der Waals surface area contributed by atoms with Gasteiger partial charge in [0, 0.05) is 11.6 Å². The largest absolute Gasteiger partial charge is 0.394 e. The molecule has 1 unspecified atom stereocenters. The van der Waals surface area contributed by atoms with E-state index in [4.69, 9.17) is 0 Å². The van der Waals surface area contributed by atoms with Crippen LogP contribution in [0.15, 0.2) is 0 Å². The summed E-state index contributed by atoms with van der Waals surface area (Å²) in [5.74, 6) is 0.927. The molecular weight excluding hydrogens is 236 g/mol. The van der Waals surface area contributed by atoms with Crippen LogP contribution in [-0.4, -0.2) is 48.8 Å². The van der Waals surface area contributed by atoms with Crippen molar-refractivity contribution in [2.45, 2.75) is 70.4 Å². The summed E-state index contributed by atoms with van der Waals surface area (Å²) in [4.78, 5) is 2.54. The number of aliphatic hydroxyl groups is 1. The Kier molecular flexibility index (Phi) is 7.33. The summed E-state index contributed by atoms with van der Waals surface area (Å²) in [7, 11) is 4.23. The second-order valence-electron chi connectivity index (χ2n) is 6.54. The second-order valence-corrected chi connectivity index (χ2v) is 6.54. The number of hydrogen-bond donors (Lipinski definition) is 2. The maximum absolute atomic E-state index is 9.54. The highest BCUT2D eigenvalue weighted by atomic mass is 16.3. The Bertz CT molecular complexity index is 225. The molecular formula is C16H34N2O. The van der Waals surface area contributed by atoms with E-state index in [0.29, 0.717) is 0 Å². The van der Waals surface area contributed by atoms with Gasteiger partial charge in [0.05, 0.1) is 6.61 Å². The van der Waals surface area contributed by atoms with Crippen molar-refractivity contribution in [3.05, 3.63) is 0 Å². The molecule has 0 aromatic carbocycles. The van der Waals surface area contributed by atoms with Gasteiger partial charge < -0.3 is 15.3 Å².